The Bertz CT molecular complexity index is 510. The summed E-state index contributed by atoms with van der Waals surface area (Å²) < 4.78 is 39.9. The summed E-state index contributed by atoms with van der Waals surface area (Å²) in [7, 11) is 0. The number of nitrogens with one attached hydrogen (secondary N) is 1. The quantitative estimate of drug-likeness (QED) is 0.729. The fourth-order valence-electron chi connectivity index (χ4n) is 1.26. The second-order valence-corrected chi connectivity index (χ2v) is 3.27. The number of ether oxygens (including phenoxy) is 1. The van der Waals surface area contributed by atoms with Crippen LogP contribution in [0.25, 0.3) is 0 Å². The van der Waals surface area contributed by atoms with E-state index < -0.39 is 29.9 Å². The molecule has 0 bridgehead atoms. The van der Waals surface area contributed by atoms with Crippen molar-refractivity contribution < 1.29 is 27.8 Å². The van der Waals surface area contributed by atoms with Crippen LogP contribution in [0.5, 0.6) is 5.75 Å². The van der Waals surface area contributed by atoms with Crippen LogP contribution in [0.1, 0.15) is 11.3 Å². The minimum atomic E-state index is -5.06. The van der Waals surface area contributed by atoms with Crippen LogP contribution in [0, 0.1) is 0 Å². The lowest BCUT2D eigenvalue weighted by Gasteiger charge is -2.12. The third-order valence-electron chi connectivity index (χ3n) is 1.96. The predicted molar refractivity (Wildman–Crippen MR) is 53.0 cm³/mol. The van der Waals surface area contributed by atoms with Gasteiger partial charge in [-0.1, -0.05) is 0 Å². The molecule has 0 aliphatic rings. The fraction of sp³-hybridized carbons (Fsp3) is 0.333. The van der Waals surface area contributed by atoms with E-state index in [4.69, 9.17) is 10.8 Å². The lowest BCUT2D eigenvalue weighted by atomic mass is 10.1. The largest absolute Gasteiger partial charge is 0.573 e. The average molecular weight is 266 g/mol. The molecule has 0 saturated carbocycles. The average Bonchev–Trinajstić information content (AvgIpc) is 2.22. The Morgan fingerprint density at radius 3 is 2.56 bits per heavy atom. The zero-order valence-corrected chi connectivity index (χ0v) is 8.87. The molecule has 0 amide bonds. The summed E-state index contributed by atoms with van der Waals surface area (Å²) in [5, 5.41) is 8.50. The Labute approximate surface area is 98.2 Å². The van der Waals surface area contributed by atoms with Crippen molar-refractivity contribution in [2.75, 3.05) is 0 Å². The van der Waals surface area contributed by atoms with Gasteiger partial charge in [-0.3, -0.25) is 9.59 Å². The Balaban J connectivity index is 3.27. The van der Waals surface area contributed by atoms with E-state index in [1.807, 2.05) is 0 Å². The maximum absolute atomic E-state index is 12.1. The van der Waals surface area contributed by atoms with E-state index in [1.165, 1.54) is 0 Å². The van der Waals surface area contributed by atoms with Gasteiger partial charge >= 0.3 is 12.3 Å². The summed E-state index contributed by atoms with van der Waals surface area (Å²) in [6.45, 7) is -0.381. The molecule has 0 saturated heterocycles. The lowest BCUT2D eigenvalue weighted by Crippen LogP contribution is -2.26. The predicted octanol–water partition coefficient (Wildman–Crippen LogP) is 0.359. The normalized spacial score (nSPS) is 11.3. The van der Waals surface area contributed by atoms with Gasteiger partial charge in [-0.2, -0.15) is 0 Å². The van der Waals surface area contributed by atoms with Gasteiger partial charge < -0.3 is 20.6 Å². The first-order valence-corrected chi connectivity index (χ1v) is 4.65. The van der Waals surface area contributed by atoms with Crippen LogP contribution < -0.4 is 15.9 Å². The highest BCUT2D eigenvalue weighted by Crippen LogP contribution is 2.22. The van der Waals surface area contributed by atoms with Gasteiger partial charge in [-0.05, 0) is 0 Å². The molecule has 0 aliphatic heterocycles. The Morgan fingerprint density at radius 1 is 1.50 bits per heavy atom. The number of rotatable bonds is 4. The topological polar surface area (TPSA) is 105 Å². The van der Waals surface area contributed by atoms with Crippen molar-refractivity contribution in [3.05, 3.63) is 27.7 Å². The molecular formula is C9H9F3N2O4. The standard InChI is InChI=1S/C9H9F3N2O4/c10-9(11,12)18-8-5(2-13)14-3-4(7(8)17)1-6(15)16/h3H,1-2,13H2,(H,14,17)(H,15,16). The number of carbonyl (C=O) groups is 1. The van der Waals surface area contributed by atoms with Crippen LogP contribution in [-0.4, -0.2) is 22.4 Å². The van der Waals surface area contributed by atoms with E-state index in [2.05, 4.69) is 9.72 Å². The first-order valence-electron chi connectivity index (χ1n) is 4.65. The van der Waals surface area contributed by atoms with Crippen LogP contribution in [0.3, 0.4) is 0 Å². The summed E-state index contributed by atoms with van der Waals surface area (Å²) in [4.78, 5) is 24.3. The van der Waals surface area contributed by atoms with E-state index in [9.17, 15) is 22.8 Å². The molecule has 1 aromatic heterocycles. The number of nitrogens with two attached hydrogens (primary N) is 1. The monoisotopic (exact) mass is 266 g/mol. The summed E-state index contributed by atoms with van der Waals surface area (Å²) in [6, 6.07) is 0. The van der Waals surface area contributed by atoms with Crippen LogP contribution in [-0.2, 0) is 17.8 Å². The van der Waals surface area contributed by atoms with Gasteiger partial charge in [0.15, 0.2) is 5.75 Å². The summed E-state index contributed by atoms with van der Waals surface area (Å²) >= 11 is 0. The first kappa shape index (κ1) is 14.0. The van der Waals surface area contributed by atoms with E-state index in [1.54, 1.807) is 0 Å². The maximum atomic E-state index is 12.1. The van der Waals surface area contributed by atoms with Crippen LogP contribution in [0.15, 0.2) is 11.0 Å². The fourth-order valence-corrected chi connectivity index (χ4v) is 1.26. The van der Waals surface area contributed by atoms with Crippen molar-refractivity contribution in [1.82, 2.24) is 4.98 Å². The molecule has 0 aromatic carbocycles. The van der Waals surface area contributed by atoms with Crippen LogP contribution in [0.2, 0.25) is 0 Å². The molecule has 0 fully saturated rings. The second-order valence-electron chi connectivity index (χ2n) is 3.27. The van der Waals surface area contributed by atoms with E-state index in [0.717, 1.165) is 6.20 Å². The molecule has 0 radical (unpaired) electrons. The maximum Gasteiger partial charge on any atom is 0.573 e. The van der Waals surface area contributed by atoms with Crippen molar-refractivity contribution in [2.45, 2.75) is 19.3 Å². The molecule has 1 heterocycles. The number of pyridine rings is 1. The van der Waals surface area contributed by atoms with Crippen molar-refractivity contribution in [1.29, 1.82) is 0 Å². The Morgan fingerprint density at radius 2 is 2.11 bits per heavy atom. The zero-order chi connectivity index (χ0) is 13.9. The van der Waals surface area contributed by atoms with Crippen molar-refractivity contribution in [3.63, 3.8) is 0 Å². The third-order valence-corrected chi connectivity index (χ3v) is 1.96. The number of alkyl halides is 3. The van der Waals surface area contributed by atoms with Gasteiger partial charge in [-0.25, -0.2) is 0 Å². The number of hydrogen-bond donors (Lipinski definition) is 3. The summed E-state index contributed by atoms with van der Waals surface area (Å²) in [6.07, 6.45) is -4.77. The Hall–Kier alpha value is -2.03. The highest BCUT2D eigenvalue weighted by atomic mass is 19.4. The number of aromatic nitrogens is 1. The van der Waals surface area contributed by atoms with Crippen LogP contribution in [0.4, 0.5) is 13.2 Å². The Kier molecular flexibility index (Phi) is 3.96. The molecule has 18 heavy (non-hydrogen) atoms. The molecule has 4 N–H and O–H groups in total. The number of carboxylic acid groups (broad SMARTS) is 1. The number of aromatic amines is 1. The van der Waals surface area contributed by atoms with Gasteiger partial charge in [0.25, 0.3) is 0 Å². The summed E-state index contributed by atoms with van der Waals surface area (Å²) in [5.74, 6) is -2.37. The molecule has 1 rings (SSSR count). The van der Waals surface area contributed by atoms with Gasteiger partial charge in [0, 0.05) is 18.3 Å². The zero-order valence-electron chi connectivity index (χ0n) is 8.87. The number of H-pyrrole nitrogens is 1. The van der Waals surface area contributed by atoms with Gasteiger partial charge in [0.1, 0.15) is 0 Å². The molecule has 100 valence electrons. The van der Waals surface area contributed by atoms with E-state index >= 15 is 0 Å². The smallest absolute Gasteiger partial charge is 0.481 e. The minimum Gasteiger partial charge on any atom is -0.481 e. The SMILES string of the molecule is NCc1[nH]cc(CC(=O)O)c(=O)c1OC(F)(F)F. The van der Waals surface area contributed by atoms with Gasteiger partial charge in [0.2, 0.25) is 5.43 Å². The van der Waals surface area contributed by atoms with Gasteiger partial charge in [0.05, 0.1) is 12.1 Å². The molecule has 0 atom stereocenters. The van der Waals surface area contributed by atoms with Crippen molar-refractivity contribution in [3.8, 4) is 5.75 Å². The minimum absolute atomic E-state index is 0.258. The van der Waals surface area contributed by atoms with Gasteiger partial charge in [-0.15, -0.1) is 13.2 Å². The first-order chi connectivity index (χ1) is 8.24. The third kappa shape index (κ3) is 3.48. The highest BCUT2D eigenvalue weighted by molar-refractivity contribution is 5.70. The molecule has 0 spiro atoms. The molecule has 1 aromatic rings. The second kappa shape index (κ2) is 5.08. The number of carboxylic acids is 1. The molecule has 0 aliphatic carbocycles. The molecule has 9 heteroatoms. The summed E-state index contributed by atoms with van der Waals surface area (Å²) in [5.41, 5.74) is 3.41. The lowest BCUT2D eigenvalue weighted by molar-refractivity contribution is -0.275. The molecule has 6 nitrogen and oxygen atoms in total. The molecular weight excluding hydrogens is 257 g/mol. The van der Waals surface area contributed by atoms with Crippen molar-refractivity contribution in [2.24, 2.45) is 5.73 Å². The van der Waals surface area contributed by atoms with E-state index in [0.29, 0.717) is 0 Å². The number of halogens is 3. The molecule has 0 unspecified atom stereocenters. The highest BCUT2D eigenvalue weighted by Gasteiger charge is 2.34. The number of hydrogen-bond acceptors (Lipinski definition) is 4. The number of aliphatic carboxylic acids is 1. The van der Waals surface area contributed by atoms with Crippen molar-refractivity contribution >= 4 is 5.97 Å². The van der Waals surface area contributed by atoms with Crippen LogP contribution >= 0.6 is 0 Å². The van der Waals surface area contributed by atoms with E-state index in [-0.39, 0.29) is 17.8 Å².